The Morgan fingerprint density at radius 1 is 1.60 bits per heavy atom. The maximum absolute atomic E-state index is 11.5. The smallest absolute Gasteiger partial charge is 0.156 e. The van der Waals surface area contributed by atoms with Crippen LogP contribution in [0.25, 0.3) is 0 Å². The lowest BCUT2D eigenvalue weighted by atomic mass is 10.4. The minimum atomic E-state index is -3.02. The SMILES string of the molecule is CCCS(=O)(=O)Cc1ncc(CC#N)s1. The van der Waals surface area contributed by atoms with Crippen LogP contribution in [0.1, 0.15) is 23.2 Å². The van der Waals surface area contributed by atoms with Gasteiger partial charge >= 0.3 is 0 Å². The third-order valence-electron chi connectivity index (χ3n) is 1.71. The van der Waals surface area contributed by atoms with Gasteiger partial charge in [-0.2, -0.15) is 5.26 Å². The zero-order chi connectivity index (χ0) is 11.3. The van der Waals surface area contributed by atoms with E-state index in [2.05, 4.69) is 4.98 Å². The van der Waals surface area contributed by atoms with E-state index in [4.69, 9.17) is 5.26 Å². The first-order valence-corrected chi connectivity index (χ1v) is 7.22. The molecule has 0 aromatic carbocycles. The van der Waals surface area contributed by atoms with Crippen LogP contribution in [-0.2, 0) is 22.0 Å². The van der Waals surface area contributed by atoms with Crippen molar-refractivity contribution in [3.8, 4) is 6.07 Å². The molecule has 4 nitrogen and oxygen atoms in total. The van der Waals surface area contributed by atoms with Crippen molar-refractivity contribution in [3.05, 3.63) is 16.1 Å². The van der Waals surface area contributed by atoms with Crippen LogP contribution in [0.2, 0.25) is 0 Å². The molecule has 0 fully saturated rings. The summed E-state index contributed by atoms with van der Waals surface area (Å²) in [6, 6.07) is 2.01. The molecule has 6 heteroatoms. The van der Waals surface area contributed by atoms with Crippen LogP contribution in [0.5, 0.6) is 0 Å². The first-order valence-electron chi connectivity index (χ1n) is 4.58. The van der Waals surface area contributed by atoms with E-state index < -0.39 is 9.84 Å². The number of nitriles is 1. The summed E-state index contributed by atoms with van der Waals surface area (Å²) in [5.74, 6) is 0.192. The van der Waals surface area contributed by atoms with Crippen LogP contribution in [-0.4, -0.2) is 19.2 Å². The molecule has 0 aliphatic carbocycles. The molecule has 0 bridgehead atoms. The average molecular weight is 244 g/mol. The van der Waals surface area contributed by atoms with Gasteiger partial charge in [0, 0.05) is 11.1 Å². The molecule has 0 unspecified atom stereocenters. The van der Waals surface area contributed by atoms with E-state index in [1.54, 1.807) is 6.20 Å². The first kappa shape index (κ1) is 12.1. The second kappa shape index (κ2) is 5.24. The summed E-state index contributed by atoms with van der Waals surface area (Å²) < 4.78 is 22.9. The number of hydrogen-bond donors (Lipinski definition) is 0. The molecule has 0 aliphatic rings. The van der Waals surface area contributed by atoms with Gasteiger partial charge in [0.15, 0.2) is 9.84 Å². The van der Waals surface area contributed by atoms with Gasteiger partial charge in [0.05, 0.1) is 18.2 Å². The minimum absolute atomic E-state index is 0.00304. The Labute approximate surface area is 93.5 Å². The molecule has 1 rings (SSSR count). The molecular formula is C9H12N2O2S2. The van der Waals surface area contributed by atoms with E-state index in [1.807, 2.05) is 13.0 Å². The van der Waals surface area contributed by atoms with Gasteiger partial charge < -0.3 is 0 Å². The van der Waals surface area contributed by atoms with Gasteiger partial charge in [-0.25, -0.2) is 13.4 Å². The van der Waals surface area contributed by atoms with Gasteiger partial charge in [-0.05, 0) is 6.42 Å². The Morgan fingerprint density at radius 3 is 2.93 bits per heavy atom. The predicted octanol–water partition coefficient (Wildman–Crippen LogP) is 1.53. The lowest BCUT2D eigenvalue weighted by Crippen LogP contribution is -2.08. The van der Waals surface area contributed by atoms with Crippen molar-refractivity contribution >= 4 is 21.2 Å². The molecule has 1 aromatic heterocycles. The van der Waals surface area contributed by atoms with E-state index in [-0.39, 0.29) is 11.5 Å². The highest BCUT2D eigenvalue weighted by atomic mass is 32.2. The van der Waals surface area contributed by atoms with Crippen LogP contribution in [0.15, 0.2) is 6.20 Å². The summed E-state index contributed by atoms with van der Waals surface area (Å²) in [6.45, 7) is 1.83. The van der Waals surface area contributed by atoms with Crippen molar-refractivity contribution in [1.82, 2.24) is 4.98 Å². The van der Waals surface area contributed by atoms with Crippen LogP contribution in [0, 0.1) is 11.3 Å². The summed E-state index contributed by atoms with van der Waals surface area (Å²) in [6.07, 6.45) is 2.49. The second-order valence-corrected chi connectivity index (χ2v) is 6.53. The Kier molecular flexibility index (Phi) is 4.24. The molecular weight excluding hydrogens is 232 g/mol. The zero-order valence-electron chi connectivity index (χ0n) is 8.43. The van der Waals surface area contributed by atoms with E-state index in [0.29, 0.717) is 17.8 Å². The Hall–Kier alpha value is -0.930. The Balaban J connectivity index is 2.69. The molecule has 0 saturated heterocycles. The number of nitrogens with zero attached hydrogens (tertiary/aromatic N) is 2. The molecule has 0 N–H and O–H groups in total. The third kappa shape index (κ3) is 3.98. The standard InChI is InChI=1S/C9H12N2O2S2/c1-2-5-15(12,13)7-9-11-6-8(14-9)3-4-10/h6H,2-3,5,7H2,1H3. The number of thiazole rings is 1. The van der Waals surface area contributed by atoms with E-state index in [9.17, 15) is 8.42 Å². The number of aromatic nitrogens is 1. The largest absolute Gasteiger partial charge is 0.248 e. The number of hydrogen-bond acceptors (Lipinski definition) is 5. The molecule has 0 atom stereocenters. The summed E-state index contributed by atoms with van der Waals surface area (Å²) in [4.78, 5) is 4.81. The summed E-state index contributed by atoms with van der Waals surface area (Å²) in [5, 5.41) is 9.03. The summed E-state index contributed by atoms with van der Waals surface area (Å²) >= 11 is 1.30. The van der Waals surface area contributed by atoms with Gasteiger partial charge in [0.1, 0.15) is 10.8 Å². The van der Waals surface area contributed by atoms with E-state index in [0.717, 1.165) is 4.88 Å². The third-order valence-corrected chi connectivity index (χ3v) is 4.64. The minimum Gasteiger partial charge on any atom is -0.248 e. The van der Waals surface area contributed by atoms with Crippen LogP contribution in [0.4, 0.5) is 0 Å². The summed E-state index contributed by atoms with van der Waals surface area (Å²) in [5.41, 5.74) is 0. The maximum atomic E-state index is 11.5. The monoisotopic (exact) mass is 244 g/mol. The lowest BCUT2D eigenvalue weighted by Gasteiger charge is -1.98. The molecule has 1 heterocycles. The fourth-order valence-corrected chi connectivity index (χ4v) is 3.79. The van der Waals surface area contributed by atoms with Gasteiger partial charge in [-0.15, -0.1) is 11.3 Å². The quantitative estimate of drug-likeness (QED) is 0.787. The predicted molar refractivity (Wildman–Crippen MR) is 59.2 cm³/mol. The van der Waals surface area contributed by atoms with Crippen LogP contribution < -0.4 is 0 Å². The molecule has 15 heavy (non-hydrogen) atoms. The molecule has 1 aromatic rings. The van der Waals surface area contributed by atoms with Gasteiger partial charge in [-0.3, -0.25) is 0 Å². The fourth-order valence-electron chi connectivity index (χ4n) is 1.15. The topological polar surface area (TPSA) is 70.8 Å². The second-order valence-electron chi connectivity index (χ2n) is 3.15. The Bertz CT molecular complexity index is 457. The molecule has 0 aliphatic heterocycles. The van der Waals surface area contributed by atoms with Gasteiger partial charge in [0.2, 0.25) is 0 Å². The lowest BCUT2D eigenvalue weighted by molar-refractivity contribution is 0.594. The highest BCUT2D eigenvalue weighted by molar-refractivity contribution is 7.90. The van der Waals surface area contributed by atoms with Crippen molar-refractivity contribution in [2.24, 2.45) is 0 Å². The highest BCUT2D eigenvalue weighted by Gasteiger charge is 2.13. The number of rotatable bonds is 5. The normalized spacial score (nSPS) is 11.2. The van der Waals surface area contributed by atoms with Gasteiger partial charge in [-0.1, -0.05) is 6.92 Å². The first-order chi connectivity index (χ1) is 7.07. The molecule has 82 valence electrons. The van der Waals surface area contributed by atoms with Gasteiger partial charge in [0.25, 0.3) is 0 Å². The Morgan fingerprint density at radius 2 is 2.33 bits per heavy atom. The van der Waals surface area contributed by atoms with E-state index >= 15 is 0 Å². The summed E-state index contributed by atoms with van der Waals surface area (Å²) in [7, 11) is -3.02. The van der Waals surface area contributed by atoms with Crippen molar-refractivity contribution in [1.29, 1.82) is 5.26 Å². The molecule has 0 saturated carbocycles. The maximum Gasteiger partial charge on any atom is 0.156 e. The molecule has 0 radical (unpaired) electrons. The molecule has 0 amide bonds. The number of sulfone groups is 1. The van der Waals surface area contributed by atoms with Crippen molar-refractivity contribution in [2.45, 2.75) is 25.5 Å². The van der Waals surface area contributed by atoms with Crippen molar-refractivity contribution in [2.75, 3.05) is 5.75 Å². The molecule has 0 spiro atoms. The highest BCUT2D eigenvalue weighted by Crippen LogP contribution is 2.16. The van der Waals surface area contributed by atoms with E-state index in [1.165, 1.54) is 11.3 Å². The van der Waals surface area contributed by atoms with Crippen molar-refractivity contribution in [3.63, 3.8) is 0 Å². The van der Waals surface area contributed by atoms with Crippen LogP contribution >= 0.6 is 11.3 Å². The zero-order valence-corrected chi connectivity index (χ0v) is 10.1. The average Bonchev–Trinajstić information content (AvgIpc) is 2.52. The fraction of sp³-hybridized carbons (Fsp3) is 0.556. The van der Waals surface area contributed by atoms with Crippen LogP contribution in [0.3, 0.4) is 0 Å². The van der Waals surface area contributed by atoms with Crippen molar-refractivity contribution < 1.29 is 8.42 Å².